The number of thioether (sulfide) groups is 1. The van der Waals surface area contributed by atoms with Gasteiger partial charge < -0.3 is 14.6 Å². The number of carboxylic acids is 1. The number of anilines is 1. The Balaban J connectivity index is 2.59. The third-order valence-electron chi connectivity index (χ3n) is 3.91. The van der Waals surface area contributed by atoms with E-state index in [4.69, 9.17) is 11.6 Å². The summed E-state index contributed by atoms with van der Waals surface area (Å²) in [5.74, 6) is -0.381. The first-order valence-electron chi connectivity index (χ1n) is 7.44. The summed E-state index contributed by atoms with van der Waals surface area (Å²) < 4.78 is 1.55. The predicted octanol–water partition coefficient (Wildman–Crippen LogP) is 3.08. The van der Waals surface area contributed by atoms with E-state index in [0.29, 0.717) is 37.7 Å². The fourth-order valence-corrected chi connectivity index (χ4v) is 3.86. The van der Waals surface area contributed by atoms with Crippen molar-refractivity contribution in [2.75, 3.05) is 25.3 Å². The van der Waals surface area contributed by atoms with Gasteiger partial charge in [0.15, 0.2) is 5.43 Å². The Bertz CT molecular complexity index is 1060. The number of fused-ring (bicyclic) bond motifs is 2. The van der Waals surface area contributed by atoms with E-state index in [1.165, 1.54) is 11.8 Å². The molecule has 0 atom stereocenters. The molecule has 0 saturated heterocycles. The number of pyridine rings is 2. The highest BCUT2D eigenvalue weighted by Crippen LogP contribution is 2.34. The zero-order chi connectivity index (χ0) is 18.3. The van der Waals surface area contributed by atoms with Gasteiger partial charge in [-0.25, -0.2) is 4.98 Å². The lowest BCUT2D eigenvalue weighted by Crippen LogP contribution is -2.19. The summed E-state index contributed by atoms with van der Waals surface area (Å²) >= 11 is 7.66. The molecule has 0 fully saturated rings. The minimum absolute atomic E-state index is 0.184. The largest absolute Gasteiger partial charge is 0.480 e. The summed E-state index contributed by atoms with van der Waals surface area (Å²) in [6.07, 6.45) is 1.84. The minimum Gasteiger partial charge on any atom is -0.480 e. The number of aromatic nitrogens is 2. The van der Waals surface area contributed by atoms with E-state index in [0.717, 1.165) is 0 Å². The lowest BCUT2D eigenvalue weighted by atomic mass is 10.1. The molecule has 6 nitrogen and oxygen atoms in total. The standard InChI is InChI=1S/C17H16ClN3O3S/c1-20(2)12-7-5-10-15(24)9-4-6-11(18)16(25-3)14(9)21(8-13(22)23)17(10)19-12/h4-7H,8H2,1-3H3,(H,22,23). The number of benzene rings is 1. The van der Waals surface area contributed by atoms with E-state index >= 15 is 0 Å². The first-order chi connectivity index (χ1) is 11.8. The number of rotatable bonds is 4. The minimum atomic E-state index is -1.02. The Kier molecular flexibility index (Phi) is 4.62. The normalized spacial score (nSPS) is 11.2. The number of nitrogens with zero attached hydrogens (tertiary/aromatic N) is 3. The van der Waals surface area contributed by atoms with E-state index in [1.54, 1.807) is 33.7 Å². The Morgan fingerprint density at radius 3 is 2.56 bits per heavy atom. The van der Waals surface area contributed by atoms with Gasteiger partial charge in [0, 0.05) is 19.5 Å². The van der Waals surface area contributed by atoms with Crippen molar-refractivity contribution < 1.29 is 9.90 Å². The van der Waals surface area contributed by atoms with Crippen molar-refractivity contribution in [1.29, 1.82) is 0 Å². The van der Waals surface area contributed by atoms with Crippen LogP contribution in [-0.2, 0) is 11.3 Å². The first-order valence-corrected chi connectivity index (χ1v) is 9.04. The summed E-state index contributed by atoms with van der Waals surface area (Å²) in [5, 5.41) is 10.7. The van der Waals surface area contributed by atoms with Crippen LogP contribution in [0.4, 0.5) is 5.82 Å². The fraction of sp³-hybridized carbons (Fsp3) is 0.235. The molecule has 0 saturated carbocycles. The van der Waals surface area contributed by atoms with Gasteiger partial charge >= 0.3 is 5.97 Å². The molecular weight excluding hydrogens is 362 g/mol. The molecule has 3 rings (SSSR count). The maximum absolute atomic E-state index is 12.9. The summed E-state index contributed by atoms with van der Waals surface area (Å²) in [6.45, 7) is -0.314. The summed E-state index contributed by atoms with van der Waals surface area (Å²) in [7, 11) is 3.66. The van der Waals surface area contributed by atoms with Crippen molar-refractivity contribution in [1.82, 2.24) is 9.55 Å². The van der Waals surface area contributed by atoms with E-state index in [-0.39, 0.29) is 12.0 Å². The molecule has 0 spiro atoms. The van der Waals surface area contributed by atoms with Crippen LogP contribution in [0.1, 0.15) is 0 Å². The molecule has 1 N–H and O–H groups in total. The third kappa shape index (κ3) is 2.94. The van der Waals surface area contributed by atoms with E-state index < -0.39 is 5.97 Å². The molecule has 1 aromatic carbocycles. The Labute approximate surface area is 153 Å². The average molecular weight is 378 g/mol. The highest BCUT2D eigenvalue weighted by atomic mass is 35.5. The quantitative estimate of drug-likeness (QED) is 0.556. The molecule has 0 aliphatic carbocycles. The van der Waals surface area contributed by atoms with Crippen molar-refractivity contribution in [3.05, 3.63) is 39.5 Å². The maximum atomic E-state index is 12.9. The second-order valence-electron chi connectivity index (χ2n) is 5.72. The van der Waals surface area contributed by atoms with Crippen LogP contribution in [0.3, 0.4) is 0 Å². The van der Waals surface area contributed by atoms with Gasteiger partial charge in [0.1, 0.15) is 18.0 Å². The zero-order valence-corrected chi connectivity index (χ0v) is 15.5. The Hall–Kier alpha value is -2.25. The Morgan fingerprint density at radius 1 is 1.28 bits per heavy atom. The summed E-state index contributed by atoms with van der Waals surface area (Å²) in [6, 6.07) is 6.73. The van der Waals surface area contributed by atoms with E-state index in [9.17, 15) is 14.7 Å². The highest BCUT2D eigenvalue weighted by Gasteiger charge is 2.19. The predicted molar refractivity (Wildman–Crippen MR) is 102 cm³/mol. The number of carbonyl (C=O) groups is 1. The van der Waals surface area contributed by atoms with Gasteiger partial charge in [0.25, 0.3) is 0 Å². The van der Waals surface area contributed by atoms with E-state index in [2.05, 4.69) is 4.98 Å². The van der Waals surface area contributed by atoms with Crippen molar-refractivity contribution >= 4 is 57.1 Å². The lowest BCUT2D eigenvalue weighted by molar-refractivity contribution is -0.137. The highest BCUT2D eigenvalue weighted by molar-refractivity contribution is 7.99. The molecule has 0 aliphatic rings. The number of halogens is 1. The van der Waals surface area contributed by atoms with Gasteiger partial charge in [-0.2, -0.15) is 0 Å². The summed E-state index contributed by atoms with van der Waals surface area (Å²) in [4.78, 5) is 31.4. The molecule has 3 aromatic rings. The maximum Gasteiger partial charge on any atom is 0.323 e. The number of hydrogen-bond donors (Lipinski definition) is 1. The lowest BCUT2D eigenvalue weighted by Gasteiger charge is -2.18. The van der Waals surface area contributed by atoms with Crippen molar-refractivity contribution in [3.63, 3.8) is 0 Å². The smallest absolute Gasteiger partial charge is 0.323 e. The average Bonchev–Trinajstić information content (AvgIpc) is 2.57. The Morgan fingerprint density at radius 2 is 1.96 bits per heavy atom. The molecule has 0 amide bonds. The monoisotopic (exact) mass is 377 g/mol. The molecule has 2 heterocycles. The molecule has 0 radical (unpaired) electrons. The van der Waals surface area contributed by atoms with Crippen LogP contribution in [-0.4, -0.2) is 41.0 Å². The van der Waals surface area contributed by atoms with Crippen LogP contribution in [0.5, 0.6) is 0 Å². The number of hydrogen-bond acceptors (Lipinski definition) is 5. The second-order valence-corrected chi connectivity index (χ2v) is 6.94. The van der Waals surface area contributed by atoms with Crippen LogP contribution in [0.15, 0.2) is 34.0 Å². The third-order valence-corrected chi connectivity index (χ3v) is 5.16. The summed E-state index contributed by atoms with van der Waals surface area (Å²) in [5.41, 5.74) is 0.656. The molecule has 130 valence electrons. The second kappa shape index (κ2) is 6.57. The van der Waals surface area contributed by atoms with Crippen LogP contribution < -0.4 is 10.3 Å². The number of aliphatic carboxylic acids is 1. The molecule has 8 heteroatoms. The molecule has 0 unspecified atom stereocenters. The van der Waals surface area contributed by atoms with Crippen LogP contribution >= 0.6 is 23.4 Å². The van der Waals surface area contributed by atoms with E-state index in [1.807, 2.05) is 20.4 Å². The first kappa shape index (κ1) is 17.6. The van der Waals surface area contributed by atoms with Gasteiger partial charge in [-0.1, -0.05) is 11.6 Å². The van der Waals surface area contributed by atoms with Crippen molar-refractivity contribution in [2.24, 2.45) is 0 Å². The van der Waals surface area contributed by atoms with Crippen molar-refractivity contribution in [3.8, 4) is 0 Å². The van der Waals surface area contributed by atoms with Crippen molar-refractivity contribution in [2.45, 2.75) is 11.4 Å². The fourth-order valence-electron chi connectivity index (χ4n) is 2.80. The molecule has 0 bridgehead atoms. The van der Waals surface area contributed by atoms with Gasteiger partial charge in [-0.15, -0.1) is 11.8 Å². The van der Waals surface area contributed by atoms with Crippen LogP contribution in [0.25, 0.3) is 21.9 Å². The molecule has 2 aromatic heterocycles. The van der Waals surface area contributed by atoms with Gasteiger partial charge in [0.05, 0.1) is 20.8 Å². The van der Waals surface area contributed by atoms with Crippen LogP contribution in [0, 0.1) is 0 Å². The van der Waals surface area contributed by atoms with Crippen LogP contribution in [0.2, 0.25) is 5.02 Å². The zero-order valence-electron chi connectivity index (χ0n) is 13.9. The SMILES string of the molecule is CSc1c(Cl)ccc2c(=O)c3ccc(N(C)C)nc3n(CC(=O)O)c12. The molecule has 25 heavy (non-hydrogen) atoms. The molecule has 0 aliphatic heterocycles. The molecular formula is C17H16ClN3O3S. The van der Waals surface area contributed by atoms with Gasteiger partial charge in [0.2, 0.25) is 0 Å². The topological polar surface area (TPSA) is 75.4 Å². The van der Waals surface area contributed by atoms with Gasteiger partial charge in [-0.05, 0) is 30.5 Å². The van der Waals surface area contributed by atoms with Gasteiger partial charge in [-0.3, -0.25) is 9.59 Å². The number of carboxylic acid groups (broad SMARTS) is 1.